The SMILES string of the molecule is COC(=O)NCc1ccc(C(C(C)C)C(C)C)nc1. The van der Waals surface area contributed by atoms with Crippen LogP contribution in [0.25, 0.3) is 0 Å². The first-order chi connectivity index (χ1) is 8.95. The van der Waals surface area contributed by atoms with E-state index >= 15 is 0 Å². The lowest BCUT2D eigenvalue weighted by Gasteiger charge is -2.24. The Morgan fingerprint density at radius 3 is 2.32 bits per heavy atom. The molecule has 19 heavy (non-hydrogen) atoms. The summed E-state index contributed by atoms with van der Waals surface area (Å²) in [4.78, 5) is 15.5. The Labute approximate surface area is 115 Å². The summed E-state index contributed by atoms with van der Waals surface area (Å²) in [5, 5.41) is 2.64. The normalized spacial score (nSPS) is 11.2. The van der Waals surface area contributed by atoms with Gasteiger partial charge in [-0.15, -0.1) is 0 Å². The molecule has 0 aliphatic heterocycles. The molecule has 1 aromatic rings. The van der Waals surface area contributed by atoms with Gasteiger partial charge in [-0.3, -0.25) is 4.98 Å². The molecule has 0 saturated carbocycles. The summed E-state index contributed by atoms with van der Waals surface area (Å²) in [5.41, 5.74) is 2.09. The third kappa shape index (κ3) is 4.54. The quantitative estimate of drug-likeness (QED) is 0.887. The number of ether oxygens (including phenoxy) is 1. The van der Waals surface area contributed by atoms with Crippen molar-refractivity contribution >= 4 is 6.09 Å². The highest BCUT2D eigenvalue weighted by atomic mass is 16.5. The first-order valence-corrected chi connectivity index (χ1v) is 6.72. The predicted octanol–water partition coefficient (Wildman–Crippen LogP) is 3.33. The summed E-state index contributed by atoms with van der Waals surface area (Å²) >= 11 is 0. The molecule has 0 saturated heterocycles. The summed E-state index contributed by atoms with van der Waals surface area (Å²) in [7, 11) is 1.35. The molecule has 0 bridgehead atoms. The Morgan fingerprint density at radius 2 is 1.89 bits per heavy atom. The summed E-state index contributed by atoms with van der Waals surface area (Å²) in [6.45, 7) is 9.32. The highest BCUT2D eigenvalue weighted by molar-refractivity contribution is 5.66. The summed E-state index contributed by atoms with van der Waals surface area (Å²) in [6, 6.07) is 4.06. The van der Waals surface area contributed by atoms with E-state index < -0.39 is 6.09 Å². The van der Waals surface area contributed by atoms with E-state index in [4.69, 9.17) is 0 Å². The van der Waals surface area contributed by atoms with Gasteiger partial charge in [0.2, 0.25) is 0 Å². The minimum Gasteiger partial charge on any atom is -0.453 e. The average molecular weight is 264 g/mol. The van der Waals surface area contributed by atoms with Crippen molar-refractivity contribution in [1.29, 1.82) is 0 Å². The molecular weight excluding hydrogens is 240 g/mol. The predicted molar refractivity (Wildman–Crippen MR) is 75.9 cm³/mol. The molecule has 0 aliphatic carbocycles. The molecular formula is C15H24N2O2. The Kier molecular flexibility index (Phi) is 5.80. The molecule has 1 amide bonds. The maximum Gasteiger partial charge on any atom is 0.407 e. The summed E-state index contributed by atoms with van der Waals surface area (Å²) in [6.07, 6.45) is 1.40. The van der Waals surface area contributed by atoms with Crippen LogP contribution in [0.15, 0.2) is 18.3 Å². The standard InChI is InChI=1S/C15H24N2O2/c1-10(2)14(11(3)4)13-7-6-12(8-16-13)9-17-15(18)19-5/h6-8,10-11,14H,9H2,1-5H3,(H,17,18). The second-order valence-corrected chi connectivity index (χ2v) is 5.45. The lowest BCUT2D eigenvalue weighted by Crippen LogP contribution is -2.22. The average Bonchev–Trinajstić information content (AvgIpc) is 2.36. The summed E-state index contributed by atoms with van der Waals surface area (Å²) in [5.74, 6) is 1.58. The molecule has 0 fully saturated rings. The molecule has 0 atom stereocenters. The number of nitrogens with zero attached hydrogens (tertiary/aromatic N) is 1. The molecule has 4 heteroatoms. The zero-order valence-corrected chi connectivity index (χ0v) is 12.4. The van der Waals surface area contributed by atoms with Gasteiger partial charge in [0, 0.05) is 24.4 Å². The van der Waals surface area contributed by atoms with Gasteiger partial charge in [-0.05, 0) is 23.5 Å². The van der Waals surface area contributed by atoms with Crippen LogP contribution in [0.4, 0.5) is 4.79 Å². The molecule has 0 aromatic carbocycles. The van der Waals surface area contributed by atoms with Crippen LogP contribution in [0, 0.1) is 11.8 Å². The van der Waals surface area contributed by atoms with Gasteiger partial charge in [0.05, 0.1) is 7.11 Å². The van der Waals surface area contributed by atoms with Gasteiger partial charge in [-0.25, -0.2) is 4.79 Å². The lowest BCUT2D eigenvalue weighted by molar-refractivity contribution is 0.170. The minimum atomic E-state index is -0.425. The van der Waals surface area contributed by atoms with Crippen molar-refractivity contribution in [1.82, 2.24) is 10.3 Å². The third-order valence-electron chi connectivity index (χ3n) is 3.25. The van der Waals surface area contributed by atoms with E-state index in [0.717, 1.165) is 11.3 Å². The number of hydrogen-bond acceptors (Lipinski definition) is 3. The van der Waals surface area contributed by atoms with Crippen LogP contribution in [0.2, 0.25) is 0 Å². The van der Waals surface area contributed by atoms with Gasteiger partial charge in [0.25, 0.3) is 0 Å². The second-order valence-electron chi connectivity index (χ2n) is 5.45. The van der Waals surface area contributed by atoms with Crippen molar-refractivity contribution < 1.29 is 9.53 Å². The van der Waals surface area contributed by atoms with E-state index in [1.54, 1.807) is 0 Å². The van der Waals surface area contributed by atoms with Gasteiger partial charge < -0.3 is 10.1 Å². The van der Waals surface area contributed by atoms with Crippen molar-refractivity contribution in [3.63, 3.8) is 0 Å². The number of amides is 1. The minimum absolute atomic E-state index is 0.425. The zero-order valence-electron chi connectivity index (χ0n) is 12.4. The number of hydrogen-bond donors (Lipinski definition) is 1. The fraction of sp³-hybridized carbons (Fsp3) is 0.600. The monoisotopic (exact) mass is 264 g/mol. The maximum atomic E-state index is 11.0. The fourth-order valence-electron chi connectivity index (χ4n) is 2.44. The van der Waals surface area contributed by atoms with Crippen molar-refractivity contribution in [2.45, 2.75) is 40.2 Å². The second kappa shape index (κ2) is 7.12. The van der Waals surface area contributed by atoms with Crippen LogP contribution in [0.5, 0.6) is 0 Å². The Balaban J connectivity index is 2.72. The van der Waals surface area contributed by atoms with Crippen LogP contribution >= 0.6 is 0 Å². The third-order valence-corrected chi connectivity index (χ3v) is 3.25. The smallest absolute Gasteiger partial charge is 0.407 e. The van der Waals surface area contributed by atoms with E-state index in [9.17, 15) is 4.79 Å². The first kappa shape index (κ1) is 15.5. The van der Waals surface area contributed by atoms with Gasteiger partial charge in [0.15, 0.2) is 0 Å². The van der Waals surface area contributed by atoms with Crippen molar-refractivity contribution in [3.05, 3.63) is 29.6 Å². The molecule has 0 aliphatic rings. The molecule has 1 N–H and O–H groups in total. The number of carbonyl (C=O) groups is 1. The summed E-state index contributed by atoms with van der Waals surface area (Å²) < 4.78 is 4.53. The number of alkyl carbamates (subject to hydrolysis) is 1. The van der Waals surface area contributed by atoms with Crippen molar-refractivity contribution in [2.24, 2.45) is 11.8 Å². The van der Waals surface area contributed by atoms with Crippen molar-refractivity contribution in [2.75, 3.05) is 7.11 Å². The molecule has 1 heterocycles. The van der Waals surface area contributed by atoms with Crippen LogP contribution in [0.3, 0.4) is 0 Å². The highest BCUT2D eigenvalue weighted by Gasteiger charge is 2.20. The largest absolute Gasteiger partial charge is 0.453 e. The first-order valence-electron chi connectivity index (χ1n) is 6.72. The highest BCUT2D eigenvalue weighted by Crippen LogP contribution is 2.30. The molecule has 0 radical (unpaired) electrons. The topological polar surface area (TPSA) is 51.2 Å². The Hall–Kier alpha value is -1.58. The molecule has 1 rings (SSSR count). The van der Waals surface area contributed by atoms with Gasteiger partial charge in [-0.2, -0.15) is 0 Å². The maximum absolute atomic E-state index is 11.0. The molecule has 0 spiro atoms. The Morgan fingerprint density at radius 1 is 1.26 bits per heavy atom. The van der Waals surface area contributed by atoms with E-state index in [0.29, 0.717) is 24.3 Å². The molecule has 4 nitrogen and oxygen atoms in total. The van der Waals surface area contributed by atoms with Crippen molar-refractivity contribution in [3.8, 4) is 0 Å². The van der Waals surface area contributed by atoms with Crippen LogP contribution in [0.1, 0.15) is 44.9 Å². The van der Waals surface area contributed by atoms with Gasteiger partial charge in [-0.1, -0.05) is 33.8 Å². The number of aromatic nitrogens is 1. The van der Waals surface area contributed by atoms with Gasteiger partial charge in [0.1, 0.15) is 0 Å². The number of carbonyl (C=O) groups excluding carboxylic acids is 1. The van der Waals surface area contributed by atoms with E-state index in [1.165, 1.54) is 7.11 Å². The zero-order chi connectivity index (χ0) is 14.4. The number of rotatable bonds is 5. The van der Waals surface area contributed by atoms with E-state index in [-0.39, 0.29) is 0 Å². The fourth-order valence-corrected chi connectivity index (χ4v) is 2.44. The molecule has 0 unspecified atom stereocenters. The van der Waals surface area contributed by atoms with E-state index in [2.05, 4.69) is 48.8 Å². The molecule has 106 valence electrons. The number of methoxy groups -OCH3 is 1. The van der Waals surface area contributed by atoms with Crippen LogP contribution in [-0.2, 0) is 11.3 Å². The van der Waals surface area contributed by atoms with Gasteiger partial charge >= 0.3 is 6.09 Å². The Bertz CT molecular complexity index is 391. The number of pyridine rings is 1. The van der Waals surface area contributed by atoms with Crippen LogP contribution < -0.4 is 5.32 Å². The number of nitrogens with one attached hydrogen (secondary N) is 1. The molecule has 1 aromatic heterocycles. The van der Waals surface area contributed by atoms with E-state index in [1.807, 2.05) is 12.3 Å². The van der Waals surface area contributed by atoms with Crippen LogP contribution in [-0.4, -0.2) is 18.2 Å². The lowest BCUT2D eigenvalue weighted by atomic mass is 9.82.